The van der Waals surface area contributed by atoms with Crippen molar-refractivity contribution in [2.24, 2.45) is 5.92 Å². The van der Waals surface area contributed by atoms with Crippen LogP contribution in [0.5, 0.6) is 0 Å². The molecular weight excluding hydrogens is 396 g/mol. The molecule has 28 heavy (non-hydrogen) atoms. The number of nitrogens with zero attached hydrogens (tertiary/aromatic N) is 2. The van der Waals surface area contributed by atoms with Crippen LogP contribution >= 0.6 is 11.6 Å². The molecule has 146 valence electrons. The molecule has 7 heteroatoms. The number of benzene rings is 2. The fourth-order valence-corrected chi connectivity index (χ4v) is 5.24. The van der Waals surface area contributed by atoms with Gasteiger partial charge >= 0.3 is 0 Å². The van der Waals surface area contributed by atoms with Gasteiger partial charge in [-0.25, -0.2) is 8.42 Å². The summed E-state index contributed by atoms with van der Waals surface area (Å²) in [4.78, 5) is 4.42. The molecule has 0 radical (unpaired) electrons. The molecule has 1 aliphatic heterocycles. The van der Waals surface area contributed by atoms with Crippen molar-refractivity contribution in [1.29, 1.82) is 0 Å². The summed E-state index contributed by atoms with van der Waals surface area (Å²) >= 11 is 5.99. The third kappa shape index (κ3) is 3.72. The number of piperidine rings is 1. The fourth-order valence-electron chi connectivity index (χ4n) is 3.46. The first-order valence-corrected chi connectivity index (χ1v) is 11.1. The molecule has 2 heterocycles. The predicted octanol–water partition coefficient (Wildman–Crippen LogP) is 5.08. The second-order valence-electron chi connectivity index (χ2n) is 7.14. The van der Waals surface area contributed by atoms with E-state index in [2.05, 4.69) is 11.9 Å². The van der Waals surface area contributed by atoms with E-state index in [4.69, 9.17) is 16.0 Å². The maximum atomic E-state index is 13.4. The van der Waals surface area contributed by atoms with Crippen LogP contribution < -0.4 is 0 Å². The number of sulfonamides is 1. The monoisotopic (exact) mass is 416 g/mol. The number of aromatic nitrogens is 1. The van der Waals surface area contributed by atoms with Gasteiger partial charge in [0.1, 0.15) is 0 Å². The van der Waals surface area contributed by atoms with Gasteiger partial charge in [-0.05, 0) is 55.2 Å². The van der Waals surface area contributed by atoms with Crippen molar-refractivity contribution in [3.8, 4) is 22.8 Å². The summed E-state index contributed by atoms with van der Waals surface area (Å²) in [5.74, 6) is 0.853. The zero-order valence-electron chi connectivity index (χ0n) is 15.5. The second-order valence-corrected chi connectivity index (χ2v) is 9.43. The average Bonchev–Trinajstić information content (AvgIpc) is 3.16. The van der Waals surface area contributed by atoms with E-state index in [1.54, 1.807) is 24.3 Å². The van der Waals surface area contributed by atoms with E-state index in [1.807, 2.05) is 30.3 Å². The molecule has 3 aromatic rings. The third-order valence-corrected chi connectivity index (χ3v) is 6.96. The topological polar surface area (TPSA) is 63.4 Å². The van der Waals surface area contributed by atoms with Crippen molar-refractivity contribution in [1.82, 2.24) is 9.29 Å². The van der Waals surface area contributed by atoms with Crippen LogP contribution in [0, 0.1) is 5.92 Å². The van der Waals surface area contributed by atoms with Crippen LogP contribution in [0.15, 0.2) is 64.0 Å². The Bertz CT molecular complexity index is 1060. The molecule has 0 bridgehead atoms. The van der Waals surface area contributed by atoms with Crippen LogP contribution in [-0.4, -0.2) is 30.8 Å². The van der Waals surface area contributed by atoms with Crippen LogP contribution in [0.3, 0.4) is 0 Å². The summed E-state index contributed by atoms with van der Waals surface area (Å²) in [6.07, 6.45) is 1.88. The molecule has 5 nitrogen and oxygen atoms in total. The summed E-state index contributed by atoms with van der Waals surface area (Å²) in [7, 11) is -3.78. The van der Waals surface area contributed by atoms with Gasteiger partial charge in [0.2, 0.25) is 10.9 Å². The summed E-state index contributed by atoms with van der Waals surface area (Å²) in [6, 6.07) is 16.2. The lowest BCUT2D eigenvalue weighted by Crippen LogP contribution is -2.39. The first kappa shape index (κ1) is 19.2. The highest BCUT2D eigenvalue weighted by Crippen LogP contribution is 2.35. The highest BCUT2D eigenvalue weighted by molar-refractivity contribution is 7.89. The fraction of sp³-hybridized carbons (Fsp3) is 0.286. The average molecular weight is 417 g/mol. The number of hydrogen-bond acceptors (Lipinski definition) is 4. The number of halogens is 1. The minimum Gasteiger partial charge on any atom is -0.435 e. The summed E-state index contributed by atoms with van der Waals surface area (Å²) in [5.41, 5.74) is 1.36. The van der Waals surface area contributed by atoms with Crippen LogP contribution in [0.4, 0.5) is 0 Å². The molecule has 0 amide bonds. The highest BCUT2D eigenvalue weighted by atomic mass is 35.5. The number of rotatable bonds is 4. The van der Waals surface area contributed by atoms with Gasteiger partial charge in [0.05, 0.1) is 0 Å². The normalized spacial score (nSPS) is 18.3. The first-order valence-electron chi connectivity index (χ1n) is 9.27. The van der Waals surface area contributed by atoms with Gasteiger partial charge < -0.3 is 4.42 Å². The van der Waals surface area contributed by atoms with Crippen molar-refractivity contribution < 1.29 is 12.8 Å². The second kappa shape index (κ2) is 7.70. The molecule has 0 spiro atoms. The van der Waals surface area contributed by atoms with E-state index in [0.717, 1.165) is 18.4 Å². The van der Waals surface area contributed by atoms with Gasteiger partial charge in [-0.15, -0.1) is 0 Å². The maximum absolute atomic E-state index is 13.4. The van der Waals surface area contributed by atoms with Crippen LogP contribution in [0.1, 0.15) is 19.8 Å². The molecule has 0 saturated carbocycles. The van der Waals surface area contributed by atoms with Crippen LogP contribution in [0.2, 0.25) is 5.02 Å². The Labute approximate surface area is 170 Å². The molecule has 0 N–H and O–H groups in total. The maximum Gasteiger partial charge on any atom is 0.264 e. The summed E-state index contributed by atoms with van der Waals surface area (Å²) < 4.78 is 34.3. The molecule has 1 aliphatic rings. The molecular formula is C21H21ClN2O3S. The Kier molecular flexibility index (Phi) is 5.27. The smallest absolute Gasteiger partial charge is 0.264 e. The molecule has 4 rings (SSSR count). The van der Waals surface area contributed by atoms with Crippen molar-refractivity contribution in [2.45, 2.75) is 24.8 Å². The van der Waals surface area contributed by atoms with Crippen molar-refractivity contribution >= 4 is 21.6 Å². The van der Waals surface area contributed by atoms with Gasteiger partial charge in [0.15, 0.2) is 5.76 Å². The van der Waals surface area contributed by atoms with E-state index in [0.29, 0.717) is 29.6 Å². The van der Waals surface area contributed by atoms with Gasteiger partial charge in [-0.2, -0.15) is 9.29 Å². The van der Waals surface area contributed by atoms with Crippen LogP contribution in [0.25, 0.3) is 22.8 Å². The largest absolute Gasteiger partial charge is 0.435 e. The van der Waals surface area contributed by atoms with Crippen LogP contribution in [-0.2, 0) is 10.0 Å². The van der Waals surface area contributed by atoms with Crippen molar-refractivity contribution in [3.63, 3.8) is 0 Å². The summed E-state index contributed by atoms with van der Waals surface area (Å²) in [5, 5.41) is 0.531. The van der Waals surface area contributed by atoms with Crippen molar-refractivity contribution in [3.05, 3.63) is 59.6 Å². The van der Waals surface area contributed by atoms with Gasteiger partial charge in [0.25, 0.3) is 10.0 Å². The van der Waals surface area contributed by atoms with E-state index >= 15 is 0 Å². The van der Waals surface area contributed by atoms with Gasteiger partial charge in [0, 0.05) is 29.2 Å². The number of hydrogen-bond donors (Lipinski definition) is 0. The molecule has 1 saturated heterocycles. The Morgan fingerprint density at radius 3 is 2.46 bits per heavy atom. The first-order chi connectivity index (χ1) is 13.4. The molecule has 1 fully saturated rings. The molecule has 1 aromatic heterocycles. The predicted molar refractivity (Wildman–Crippen MR) is 110 cm³/mol. The van der Waals surface area contributed by atoms with Gasteiger partial charge in [-0.1, -0.05) is 36.7 Å². The third-order valence-electron chi connectivity index (χ3n) is 4.93. The standard InChI is InChI=1S/C21H21ClN2O3S/c1-15-6-5-13-24(14-15)28(25,26)21-19(16-9-11-18(22)12-10-16)27-20(23-21)17-7-3-2-4-8-17/h2-4,7-12,15H,5-6,13-14H2,1H3/t15-/m1/s1. The molecule has 2 aromatic carbocycles. The van der Waals surface area contributed by atoms with E-state index in [9.17, 15) is 8.42 Å². The number of oxazole rings is 1. The SMILES string of the molecule is C[C@@H]1CCCN(S(=O)(=O)c2nc(-c3ccccc3)oc2-c2ccc(Cl)cc2)C1. The minimum absolute atomic E-state index is 0.0391. The Morgan fingerprint density at radius 2 is 1.79 bits per heavy atom. The zero-order chi connectivity index (χ0) is 19.7. The Balaban J connectivity index is 1.84. The van der Waals surface area contributed by atoms with E-state index < -0.39 is 10.0 Å². The lowest BCUT2D eigenvalue weighted by atomic mass is 10.0. The van der Waals surface area contributed by atoms with E-state index in [1.165, 1.54) is 4.31 Å². The lowest BCUT2D eigenvalue weighted by molar-refractivity contribution is 0.280. The minimum atomic E-state index is -3.78. The van der Waals surface area contributed by atoms with Gasteiger partial charge in [-0.3, -0.25) is 0 Å². The zero-order valence-corrected chi connectivity index (χ0v) is 17.1. The molecule has 0 unspecified atom stereocenters. The Morgan fingerprint density at radius 1 is 1.07 bits per heavy atom. The molecule has 0 aliphatic carbocycles. The lowest BCUT2D eigenvalue weighted by Gasteiger charge is -2.29. The van der Waals surface area contributed by atoms with E-state index in [-0.39, 0.29) is 16.7 Å². The molecule has 1 atom stereocenters. The highest BCUT2D eigenvalue weighted by Gasteiger charge is 2.35. The Hall–Kier alpha value is -2.15. The summed E-state index contributed by atoms with van der Waals surface area (Å²) in [6.45, 7) is 3.07. The van der Waals surface area contributed by atoms with Crippen molar-refractivity contribution in [2.75, 3.05) is 13.1 Å². The quantitative estimate of drug-likeness (QED) is 0.594.